The van der Waals surface area contributed by atoms with E-state index < -0.39 is 11.9 Å². The van der Waals surface area contributed by atoms with E-state index in [4.69, 9.17) is 5.11 Å². The normalized spacial score (nSPS) is 17.5. The fourth-order valence-corrected chi connectivity index (χ4v) is 5.46. The van der Waals surface area contributed by atoms with Gasteiger partial charge in [-0.25, -0.2) is 4.79 Å². The average molecular weight is 535 g/mol. The van der Waals surface area contributed by atoms with Crippen LogP contribution in [0.25, 0.3) is 10.8 Å². The van der Waals surface area contributed by atoms with Gasteiger partial charge in [0, 0.05) is 43.7 Å². The molecular formula is C30H38N4O5. The highest BCUT2D eigenvalue weighted by Gasteiger charge is 2.36. The number of nitrogens with zero attached hydrogens (tertiary/aromatic N) is 2. The molecular weight excluding hydrogens is 496 g/mol. The predicted molar refractivity (Wildman–Crippen MR) is 149 cm³/mol. The number of nitrogens with one attached hydrogen (secondary N) is 2. The molecule has 0 aromatic heterocycles. The maximum Gasteiger partial charge on any atom is 0.328 e. The monoisotopic (exact) mass is 534 g/mol. The molecule has 1 saturated carbocycles. The van der Waals surface area contributed by atoms with Crippen LogP contribution in [0.1, 0.15) is 50.6 Å². The second kappa shape index (κ2) is 13.4. The van der Waals surface area contributed by atoms with E-state index in [0.717, 1.165) is 51.3 Å². The van der Waals surface area contributed by atoms with Gasteiger partial charge in [0.25, 0.3) is 0 Å². The zero-order chi connectivity index (χ0) is 27.8. The minimum Gasteiger partial charge on any atom is -0.478 e. The van der Waals surface area contributed by atoms with Crippen LogP contribution in [0.15, 0.2) is 54.6 Å². The SMILES string of the molecule is C[C@H](c1cccc2ccccc12)N1CCC(N(CC(=O)NCC(=O)NC/C=C/C(=O)O)C(=O)C2CCC2)CC1. The lowest BCUT2D eigenvalue weighted by Crippen LogP contribution is -2.53. The molecule has 2 aromatic rings. The number of rotatable bonds is 11. The summed E-state index contributed by atoms with van der Waals surface area (Å²) in [6, 6.07) is 15.1. The van der Waals surface area contributed by atoms with E-state index >= 15 is 0 Å². The van der Waals surface area contributed by atoms with Crippen molar-refractivity contribution in [1.29, 1.82) is 0 Å². The number of hydrogen-bond acceptors (Lipinski definition) is 5. The van der Waals surface area contributed by atoms with E-state index in [1.165, 1.54) is 22.4 Å². The molecule has 2 aliphatic rings. The van der Waals surface area contributed by atoms with Crippen molar-refractivity contribution < 1.29 is 24.3 Å². The van der Waals surface area contributed by atoms with Crippen LogP contribution >= 0.6 is 0 Å². The maximum absolute atomic E-state index is 13.3. The third-order valence-electron chi connectivity index (χ3n) is 7.94. The molecule has 0 unspecified atom stereocenters. The number of carbonyl (C=O) groups is 4. The van der Waals surface area contributed by atoms with Gasteiger partial charge in [0.15, 0.2) is 0 Å². The summed E-state index contributed by atoms with van der Waals surface area (Å²) in [5.74, 6) is -1.87. The molecule has 1 saturated heterocycles. The third kappa shape index (κ3) is 7.44. The summed E-state index contributed by atoms with van der Waals surface area (Å²) in [5.41, 5.74) is 1.30. The first-order valence-corrected chi connectivity index (χ1v) is 13.8. The third-order valence-corrected chi connectivity index (χ3v) is 7.94. The molecule has 1 heterocycles. The van der Waals surface area contributed by atoms with Crippen LogP contribution in [0.5, 0.6) is 0 Å². The number of likely N-dealkylation sites (tertiary alicyclic amines) is 1. The summed E-state index contributed by atoms with van der Waals surface area (Å²) in [4.78, 5) is 52.7. The Morgan fingerprint density at radius 1 is 1.00 bits per heavy atom. The molecule has 3 amide bonds. The lowest BCUT2D eigenvalue weighted by molar-refractivity contribution is -0.145. The minimum absolute atomic E-state index is 0.0187. The Morgan fingerprint density at radius 3 is 2.41 bits per heavy atom. The second-order valence-corrected chi connectivity index (χ2v) is 10.4. The molecule has 9 nitrogen and oxygen atoms in total. The van der Waals surface area contributed by atoms with Gasteiger partial charge in [0.1, 0.15) is 0 Å². The smallest absolute Gasteiger partial charge is 0.328 e. The molecule has 39 heavy (non-hydrogen) atoms. The largest absolute Gasteiger partial charge is 0.478 e. The number of carbonyl (C=O) groups excluding carboxylic acids is 3. The number of amides is 3. The van der Waals surface area contributed by atoms with Crippen LogP contribution in [-0.2, 0) is 19.2 Å². The summed E-state index contributed by atoms with van der Waals surface area (Å²) < 4.78 is 0. The molecule has 0 bridgehead atoms. The van der Waals surface area contributed by atoms with Crippen molar-refractivity contribution in [2.24, 2.45) is 5.92 Å². The van der Waals surface area contributed by atoms with E-state index in [1.807, 2.05) is 0 Å². The summed E-state index contributed by atoms with van der Waals surface area (Å²) in [5, 5.41) is 16.2. The van der Waals surface area contributed by atoms with Gasteiger partial charge in [-0.2, -0.15) is 0 Å². The van der Waals surface area contributed by atoms with Crippen LogP contribution in [0.3, 0.4) is 0 Å². The first kappa shape index (κ1) is 28.3. The van der Waals surface area contributed by atoms with Gasteiger partial charge >= 0.3 is 5.97 Å². The van der Waals surface area contributed by atoms with Gasteiger partial charge < -0.3 is 20.6 Å². The lowest BCUT2D eigenvalue weighted by Gasteiger charge is -2.42. The van der Waals surface area contributed by atoms with Gasteiger partial charge in [-0.3, -0.25) is 19.3 Å². The Bertz CT molecular complexity index is 1210. The summed E-state index contributed by atoms with van der Waals surface area (Å²) in [7, 11) is 0. The zero-order valence-corrected chi connectivity index (χ0v) is 22.5. The van der Waals surface area contributed by atoms with E-state index in [-0.39, 0.29) is 49.5 Å². The topological polar surface area (TPSA) is 119 Å². The summed E-state index contributed by atoms with van der Waals surface area (Å²) >= 11 is 0. The highest BCUT2D eigenvalue weighted by Crippen LogP contribution is 2.33. The number of carboxylic acids is 1. The molecule has 1 atom stereocenters. The van der Waals surface area contributed by atoms with Gasteiger partial charge in [-0.05, 0) is 48.9 Å². The second-order valence-electron chi connectivity index (χ2n) is 10.4. The molecule has 2 fully saturated rings. The Balaban J connectivity index is 1.33. The fourth-order valence-electron chi connectivity index (χ4n) is 5.46. The van der Waals surface area contributed by atoms with Crippen molar-refractivity contribution in [2.45, 2.75) is 51.1 Å². The van der Waals surface area contributed by atoms with E-state index in [1.54, 1.807) is 4.90 Å². The highest BCUT2D eigenvalue weighted by molar-refractivity contribution is 5.89. The van der Waals surface area contributed by atoms with Crippen molar-refractivity contribution in [2.75, 3.05) is 32.7 Å². The zero-order valence-electron chi connectivity index (χ0n) is 22.5. The van der Waals surface area contributed by atoms with Gasteiger partial charge in [-0.15, -0.1) is 0 Å². The van der Waals surface area contributed by atoms with Crippen molar-refractivity contribution in [1.82, 2.24) is 20.4 Å². The van der Waals surface area contributed by atoms with E-state index in [2.05, 4.69) is 64.9 Å². The van der Waals surface area contributed by atoms with Gasteiger partial charge in [0.2, 0.25) is 17.7 Å². The fraction of sp³-hybridized carbons (Fsp3) is 0.467. The number of piperidine rings is 1. The standard InChI is InChI=1S/C30H38N4O5/c1-21(25-12-5-8-22-7-2-3-11-26(22)25)33-17-14-24(15-18-33)34(30(39)23-9-4-10-23)20-28(36)32-19-27(35)31-16-6-13-29(37)38/h2-3,5-8,11-13,21,23-24H,4,9-10,14-20H2,1H3,(H,31,35)(H,32,36)(H,37,38)/b13-6+/t21-/m1/s1. The number of hydrogen-bond donors (Lipinski definition) is 3. The molecule has 2 aromatic carbocycles. The van der Waals surface area contributed by atoms with Crippen LogP contribution in [0.2, 0.25) is 0 Å². The van der Waals surface area contributed by atoms with Crippen molar-refractivity contribution in [3.8, 4) is 0 Å². The molecule has 0 spiro atoms. The Labute approximate surface area is 229 Å². The van der Waals surface area contributed by atoms with Gasteiger partial charge in [-0.1, -0.05) is 55.0 Å². The molecule has 208 valence electrons. The maximum atomic E-state index is 13.3. The number of carboxylic acid groups (broad SMARTS) is 1. The first-order chi connectivity index (χ1) is 18.8. The Morgan fingerprint density at radius 2 is 1.72 bits per heavy atom. The van der Waals surface area contributed by atoms with Crippen LogP contribution in [0, 0.1) is 5.92 Å². The van der Waals surface area contributed by atoms with Crippen molar-refractivity contribution >= 4 is 34.5 Å². The Kier molecular flexibility index (Phi) is 9.70. The van der Waals surface area contributed by atoms with E-state index in [0.29, 0.717) is 0 Å². The van der Waals surface area contributed by atoms with Crippen molar-refractivity contribution in [3.05, 3.63) is 60.2 Å². The minimum atomic E-state index is -1.09. The molecule has 1 aliphatic carbocycles. The Hall–Kier alpha value is -3.72. The predicted octanol–water partition coefficient (Wildman–Crippen LogP) is 2.87. The number of benzene rings is 2. The van der Waals surface area contributed by atoms with Crippen molar-refractivity contribution in [3.63, 3.8) is 0 Å². The molecule has 4 rings (SSSR count). The number of fused-ring (bicyclic) bond motifs is 1. The van der Waals surface area contributed by atoms with Crippen LogP contribution in [-0.4, -0.2) is 77.4 Å². The van der Waals surface area contributed by atoms with Crippen LogP contribution in [0.4, 0.5) is 0 Å². The quantitative estimate of drug-likeness (QED) is 0.382. The number of aliphatic carboxylic acids is 1. The van der Waals surface area contributed by atoms with E-state index in [9.17, 15) is 19.2 Å². The summed E-state index contributed by atoms with van der Waals surface area (Å²) in [6.45, 7) is 3.66. The molecule has 9 heteroatoms. The molecule has 0 radical (unpaired) electrons. The average Bonchev–Trinajstić information content (AvgIpc) is 2.91. The first-order valence-electron chi connectivity index (χ1n) is 13.8. The summed E-state index contributed by atoms with van der Waals surface area (Å²) in [6.07, 6.45) is 6.59. The van der Waals surface area contributed by atoms with Gasteiger partial charge in [0.05, 0.1) is 13.1 Å². The molecule has 3 N–H and O–H groups in total. The highest BCUT2D eigenvalue weighted by atomic mass is 16.4. The molecule has 1 aliphatic heterocycles. The van der Waals surface area contributed by atoms with Crippen LogP contribution < -0.4 is 10.6 Å². The lowest BCUT2D eigenvalue weighted by atomic mass is 9.83.